The summed E-state index contributed by atoms with van der Waals surface area (Å²) in [6, 6.07) is 0. The summed E-state index contributed by atoms with van der Waals surface area (Å²) in [7, 11) is 0. The third-order valence-corrected chi connectivity index (χ3v) is 6.09. The van der Waals surface area contributed by atoms with Gasteiger partial charge in [0, 0.05) is 25.7 Å². The molecule has 0 aliphatic heterocycles. The fraction of sp³-hybridized carbons (Fsp3) is 0.880. The largest absolute Gasteiger partial charge is 0.462 e. The Hall–Kier alpha value is -1.59. The SMILES string of the molecule is CCC(=O)OC1CCC(CCCCCCCC(C)C)(OC(=O)CC)C(OC(=O)CC)C1. The van der Waals surface area contributed by atoms with E-state index in [2.05, 4.69) is 13.8 Å². The van der Waals surface area contributed by atoms with Gasteiger partial charge in [0.15, 0.2) is 0 Å². The molecule has 1 fully saturated rings. The van der Waals surface area contributed by atoms with Crippen LogP contribution in [-0.2, 0) is 28.6 Å². The van der Waals surface area contributed by atoms with Gasteiger partial charge in [-0.25, -0.2) is 0 Å². The van der Waals surface area contributed by atoms with Crippen LogP contribution in [0.25, 0.3) is 0 Å². The molecule has 0 bridgehead atoms. The molecular formula is C25H44O6. The lowest BCUT2D eigenvalue weighted by Gasteiger charge is -2.44. The molecule has 0 saturated heterocycles. The van der Waals surface area contributed by atoms with E-state index in [1.165, 1.54) is 19.3 Å². The van der Waals surface area contributed by atoms with E-state index >= 15 is 0 Å². The van der Waals surface area contributed by atoms with Crippen LogP contribution in [0.2, 0.25) is 0 Å². The summed E-state index contributed by atoms with van der Waals surface area (Å²) in [5.74, 6) is -0.121. The van der Waals surface area contributed by atoms with E-state index in [0.29, 0.717) is 32.1 Å². The molecule has 0 heterocycles. The summed E-state index contributed by atoms with van der Waals surface area (Å²) in [6.45, 7) is 9.77. The van der Waals surface area contributed by atoms with Crippen LogP contribution in [0, 0.1) is 5.92 Å². The van der Waals surface area contributed by atoms with Crippen molar-refractivity contribution in [1.82, 2.24) is 0 Å². The molecule has 0 aromatic rings. The highest BCUT2D eigenvalue weighted by Gasteiger charge is 2.49. The minimum Gasteiger partial charge on any atom is -0.462 e. The first-order valence-corrected chi connectivity index (χ1v) is 12.4. The second-order valence-electron chi connectivity index (χ2n) is 9.16. The first-order chi connectivity index (χ1) is 14.8. The first kappa shape index (κ1) is 27.4. The van der Waals surface area contributed by atoms with Gasteiger partial charge in [0.2, 0.25) is 0 Å². The molecule has 0 aromatic carbocycles. The Morgan fingerprint density at radius 2 is 1.42 bits per heavy atom. The molecule has 0 amide bonds. The van der Waals surface area contributed by atoms with Crippen molar-refractivity contribution in [1.29, 1.82) is 0 Å². The zero-order chi connectivity index (χ0) is 23.3. The summed E-state index contributed by atoms with van der Waals surface area (Å²) in [4.78, 5) is 36.2. The van der Waals surface area contributed by atoms with Crippen molar-refractivity contribution >= 4 is 17.9 Å². The van der Waals surface area contributed by atoms with Crippen LogP contribution in [0.4, 0.5) is 0 Å². The van der Waals surface area contributed by atoms with Crippen molar-refractivity contribution < 1.29 is 28.6 Å². The van der Waals surface area contributed by atoms with Crippen LogP contribution in [0.5, 0.6) is 0 Å². The number of hydrogen-bond acceptors (Lipinski definition) is 6. The maximum Gasteiger partial charge on any atom is 0.306 e. The summed E-state index contributed by atoms with van der Waals surface area (Å²) in [6.07, 6.45) is 8.97. The molecule has 0 aromatic heterocycles. The average Bonchev–Trinajstić information content (AvgIpc) is 2.74. The van der Waals surface area contributed by atoms with E-state index in [4.69, 9.17) is 14.2 Å². The molecule has 0 N–H and O–H groups in total. The van der Waals surface area contributed by atoms with Gasteiger partial charge in [0.1, 0.15) is 17.8 Å². The zero-order valence-electron chi connectivity index (χ0n) is 20.4. The standard InChI is InChI=1S/C25H44O6/c1-6-22(26)29-20-15-17-25(31-24(28)8-3,21(18-20)30-23(27)7-2)16-13-11-9-10-12-14-19(4)5/h19-21H,6-18H2,1-5H3. The normalized spacial score (nSPS) is 23.4. The zero-order valence-corrected chi connectivity index (χ0v) is 20.4. The van der Waals surface area contributed by atoms with Crippen molar-refractivity contribution in [3.05, 3.63) is 0 Å². The van der Waals surface area contributed by atoms with Crippen molar-refractivity contribution in [2.45, 2.75) is 136 Å². The molecule has 3 unspecified atom stereocenters. The maximum atomic E-state index is 12.3. The molecule has 1 aliphatic rings. The van der Waals surface area contributed by atoms with Crippen molar-refractivity contribution in [3.63, 3.8) is 0 Å². The van der Waals surface area contributed by atoms with Crippen LogP contribution >= 0.6 is 0 Å². The molecular weight excluding hydrogens is 396 g/mol. The van der Waals surface area contributed by atoms with Gasteiger partial charge in [-0.15, -0.1) is 0 Å². The van der Waals surface area contributed by atoms with Crippen LogP contribution in [0.3, 0.4) is 0 Å². The van der Waals surface area contributed by atoms with E-state index < -0.39 is 11.7 Å². The average molecular weight is 441 g/mol. The molecule has 31 heavy (non-hydrogen) atoms. The Balaban J connectivity index is 2.83. The van der Waals surface area contributed by atoms with Crippen molar-refractivity contribution in [3.8, 4) is 0 Å². The summed E-state index contributed by atoms with van der Waals surface area (Å²) >= 11 is 0. The fourth-order valence-corrected chi connectivity index (χ4v) is 4.17. The van der Waals surface area contributed by atoms with Gasteiger partial charge in [-0.1, -0.05) is 66.7 Å². The highest BCUT2D eigenvalue weighted by Crippen LogP contribution is 2.40. The smallest absolute Gasteiger partial charge is 0.306 e. The van der Waals surface area contributed by atoms with E-state index in [1.807, 2.05) is 0 Å². The maximum absolute atomic E-state index is 12.3. The van der Waals surface area contributed by atoms with E-state index in [1.54, 1.807) is 20.8 Å². The molecule has 1 rings (SSSR count). The van der Waals surface area contributed by atoms with Gasteiger partial charge in [0.05, 0.1) is 0 Å². The van der Waals surface area contributed by atoms with Gasteiger partial charge < -0.3 is 14.2 Å². The topological polar surface area (TPSA) is 78.9 Å². The highest BCUT2D eigenvalue weighted by molar-refractivity contribution is 5.71. The minimum atomic E-state index is -0.828. The van der Waals surface area contributed by atoms with E-state index in [-0.39, 0.29) is 36.9 Å². The second-order valence-corrected chi connectivity index (χ2v) is 9.16. The first-order valence-electron chi connectivity index (χ1n) is 12.4. The molecule has 1 aliphatic carbocycles. The third-order valence-electron chi connectivity index (χ3n) is 6.09. The Kier molecular flexibility index (Phi) is 12.8. The number of hydrogen-bond donors (Lipinski definition) is 0. The number of rotatable bonds is 14. The lowest BCUT2D eigenvalue weighted by atomic mass is 9.77. The Morgan fingerprint density at radius 1 is 0.839 bits per heavy atom. The molecule has 0 radical (unpaired) electrons. The number of ether oxygens (including phenoxy) is 3. The van der Waals surface area contributed by atoms with Crippen LogP contribution in [0.1, 0.15) is 118 Å². The monoisotopic (exact) mass is 440 g/mol. The number of carbonyl (C=O) groups excluding carboxylic acids is 3. The van der Waals surface area contributed by atoms with Crippen LogP contribution < -0.4 is 0 Å². The van der Waals surface area contributed by atoms with Gasteiger partial charge in [-0.3, -0.25) is 14.4 Å². The number of carbonyl (C=O) groups is 3. The predicted molar refractivity (Wildman–Crippen MR) is 120 cm³/mol. The van der Waals surface area contributed by atoms with Crippen molar-refractivity contribution in [2.24, 2.45) is 5.92 Å². The Morgan fingerprint density at radius 3 is 2.03 bits per heavy atom. The summed E-state index contributed by atoms with van der Waals surface area (Å²) < 4.78 is 17.3. The quantitative estimate of drug-likeness (QED) is 0.190. The molecule has 1 saturated carbocycles. The molecule has 3 atom stereocenters. The van der Waals surface area contributed by atoms with Gasteiger partial charge in [-0.05, 0) is 31.6 Å². The van der Waals surface area contributed by atoms with Gasteiger partial charge in [-0.2, -0.15) is 0 Å². The molecule has 6 heteroatoms. The Bertz CT molecular complexity index is 558. The molecule has 180 valence electrons. The fourth-order valence-electron chi connectivity index (χ4n) is 4.17. The van der Waals surface area contributed by atoms with E-state index in [9.17, 15) is 14.4 Å². The minimum absolute atomic E-state index is 0.254. The third kappa shape index (κ3) is 10.0. The molecule has 6 nitrogen and oxygen atoms in total. The number of unbranched alkanes of at least 4 members (excludes halogenated alkanes) is 4. The summed E-state index contributed by atoms with van der Waals surface area (Å²) in [5.41, 5.74) is -0.828. The van der Waals surface area contributed by atoms with Gasteiger partial charge in [0.25, 0.3) is 0 Å². The Labute approximate surface area is 188 Å². The van der Waals surface area contributed by atoms with Gasteiger partial charge >= 0.3 is 17.9 Å². The number of esters is 3. The molecule has 0 spiro atoms. The van der Waals surface area contributed by atoms with E-state index in [0.717, 1.165) is 25.2 Å². The lowest BCUT2D eigenvalue weighted by Crippen LogP contribution is -2.54. The lowest BCUT2D eigenvalue weighted by molar-refractivity contribution is -0.205. The van der Waals surface area contributed by atoms with Crippen LogP contribution in [-0.4, -0.2) is 35.7 Å². The predicted octanol–water partition coefficient (Wildman–Crippen LogP) is 5.89. The van der Waals surface area contributed by atoms with Crippen molar-refractivity contribution in [2.75, 3.05) is 0 Å². The summed E-state index contributed by atoms with van der Waals surface area (Å²) in [5, 5.41) is 0. The highest BCUT2D eigenvalue weighted by atomic mass is 16.6. The van der Waals surface area contributed by atoms with Crippen LogP contribution in [0.15, 0.2) is 0 Å². The second kappa shape index (κ2) is 14.5.